The number of nitrogens with zero attached hydrogens (tertiary/aromatic N) is 1. The van der Waals surface area contributed by atoms with Crippen molar-refractivity contribution in [1.29, 1.82) is 0 Å². The van der Waals surface area contributed by atoms with E-state index < -0.39 is 28.0 Å². The van der Waals surface area contributed by atoms with Gasteiger partial charge < -0.3 is 10.1 Å². The fraction of sp³-hybridized carbons (Fsp3) is 0.286. The molecule has 0 atom stereocenters. The Morgan fingerprint density at radius 3 is 2.67 bits per heavy atom. The molecule has 0 saturated carbocycles. The standard InChI is InChI=1S/C7H6F2N2O3S/c1-2-3(5(12)13)4(15-6(8)9)11-7(14)10-2/h6H,1H3,(H,12,13)(H,10,11,14). The summed E-state index contributed by atoms with van der Waals surface area (Å²) in [5.74, 6) is -4.23. The number of alkyl halides is 2. The van der Waals surface area contributed by atoms with Crippen molar-refractivity contribution >= 4 is 17.7 Å². The summed E-state index contributed by atoms with van der Waals surface area (Å²) < 4.78 is 24.1. The number of thioether (sulfide) groups is 1. The molecular formula is C7H6F2N2O3S. The van der Waals surface area contributed by atoms with Gasteiger partial charge >= 0.3 is 11.7 Å². The maximum Gasteiger partial charge on any atom is 0.346 e. The summed E-state index contributed by atoms with van der Waals surface area (Å²) in [4.78, 5) is 26.9. The molecule has 5 nitrogen and oxygen atoms in total. The van der Waals surface area contributed by atoms with Crippen LogP contribution in [0.25, 0.3) is 0 Å². The Labute approximate surface area is 86.5 Å². The second-order valence-electron chi connectivity index (χ2n) is 2.53. The molecule has 0 amide bonds. The van der Waals surface area contributed by atoms with E-state index in [2.05, 4.69) is 9.97 Å². The highest BCUT2D eigenvalue weighted by Crippen LogP contribution is 2.26. The Bertz CT molecular complexity index is 446. The molecule has 15 heavy (non-hydrogen) atoms. The van der Waals surface area contributed by atoms with Gasteiger partial charge in [0.2, 0.25) is 0 Å². The summed E-state index contributed by atoms with van der Waals surface area (Å²) in [6.07, 6.45) is 0. The van der Waals surface area contributed by atoms with E-state index in [9.17, 15) is 18.4 Å². The topological polar surface area (TPSA) is 83.0 Å². The normalized spacial score (nSPS) is 10.7. The number of carboxylic acids is 1. The maximum absolute atomic E-state index is 12.0. The van der Waals surface area contributed by atoms with Crippen molar-refractivity contribution in [2.45, 2.75) is 17.7 Å². The molecule has 0 unspecified atom stereocenters. The van der Waals surface area contributed by atoms with E-state index in [0.717, 1.165) is 0 Å². The Hall–Kier alpha value is -1.44. The first-order chi connectivity index (χ1) is 6.91. The van der Waals surface area contributed by atoms with Gasteiger partial charge in [0.25, 0.3) is 5.76 Å². The van der Waals surface area contributed by atoms with E-state index in [1.165, 1.54) is 6.92 Å². The van der Waals surface area contributed by atoms with Crippen molar-refractivity contribution in [3.8, 4) is 0 Å². The maximum atomic E-state index is 12.0. The molecule has 0 aromatic carbocycles. The Morgan fingerprint density at radius 2 is 2.20 bits per heavy atom. The lowest BCUT2D eigenvalue weighted by Gasteiger charge is -2.05. The number of rotatable bonds is 3. The summed E-state index contributed by atoms with van der Waals surface area (Å²) in [5, 5.41) is 8.26. The first kappa shape index (κ1) is 11.6. The molecule has 0 aliphatic carbocycles. The lowest BCUT2D eigenvalue weighted by atomic mass is 10.2. The highest BCUT2D eigenvalue weighted by Gasteiger charge is 2.19. The van der Waals surface area contributed by atoms with Gasteiger partial charge in [0.1, 0.15) is 10.6 Å². The zero-order chi connectivity index (χ0) is 11.6. The van der Waals surface area contributed by atoms with Crippen LogP contribution >= 0.6 is 11.8 Å². The molecule has 0 aliphatic heterocycles. The second-order valence-corrected chi connectivity index (χ2v) is 3.51. The van der Waals surface area contributed by atoms with E-state index in [0.29, 0.717) is 0 Å². The van der Waals surface area contributed by atoms with Crippen molar-refractivity contribution in [2.24, 2.45) is 0 Å². The number of carboxylic acid groups (broad SMARTS) is 1. The van der Waals surface area contributed by atoms with Gasteiger partial charge in [0.15, 0.2) is 0 Å². The predicted octanol–water partition coefficient (Wildman–Crippen LogP) is 1.09. The number of hydrogen-bond donors (Lipinski definition) is 2. The van der Waals surface area contributed by atoms with E-state index in [4.69, 9.17) is 5.11 Å². The lowest BCUT2D eigenvalue weighted by molar-refractivity contribution is 0.0690. The number of H-pyrrole nitrogens is 1. The van der Waals surface area contributed by atoms with Crippen LogP contribution in [0, 0.1) is 6.92 Å². The van der Waals surface area contributed by atoms with Crippen LogP contribution in [0.4, 0.5) is 8.78 Å². The third kappa shape index (κ3) is 2.75. The number of halogens is 2. The zero-order valence-corrected chi connectivity index (χ0v) is 8.27. The summed E-state index contributed by atoms with van der Waals surface area (Å²) in [7, 11) is 0. The molecule has 0 spiro atoms. The summed E-state index contributed by atoms with van der Waals surface area (Å²) in [6.45, 7) is 1.31. The highest BCUT2D eigenvalue weighted by molar-refractivity contribution is 7.99. The number of aromatic amines is 1. The number of aromatic carboxylic acids is 1. The molecule has 2 N–H and O–H groups in total. The average molecular weight is 236 g/mol. The molecule has 0 saturated heterocycles. The molecule has 0 fully saturated rings. The van der Waals surface area contributed by atoms with Crippen LogP contribution in [-0.2, 0) is 0 Å². The molecule has 0 aliphatic rings. The summed E-state index contributed by atoms with van der Waals surface area (Å²) in [6, 6.07) is 0. The summed E-state index contributed by atoms with van der Waals surface area (Å²) in [5.41, 5.74) is -1.24. The van der Waals surface area contributed by atoms with Gasteiger partial charge in [0.05, 0.1) is 0 Å². The van der Waals surface area contributed by atoms with E-state index >= 15 is 0 Å². The van der Waals surface area contributed by atoms with Crippen molar-refractivity contribution in [3.05, 3.63) is 21.7 Å². The first-order valence-corrected chi connectivity index (χ1v) is 4.58. The number of aryl methyl sites for hydroxylation is 1. The Kier molecular flexibility index (Phi) is 3.40. The fourth-order valence-electron chi connectivity index (χ4n) is 0.981. The predicted molar refractivity (Wildman–Crippen MR) is 48.4 cm³/mol. The SMILES string of the molecule is Cc1[nH]c(=O)nc(SC(F)F)c1C(=O)O. The molecule has 1 heterocycles. The van der Waals surface area contributed by atoms with Crippen LogP contribution in [0.15, 0.2) is 9.82 Å². The minimum absolute atomic E-state index is 0.00523. The fourth-order valence-corrected chi connectivity index (χ4v) is 1.64. The first-order valence-electron chi connectivity index (χ1n) is 3.71. The van der Waals surface area contributed by atoms with Gasteiger partial charge in [-0.25, -0.2) is 9.59 Å². The van der Waals surface area contributed by atoms with Crippen LogP contribution in [0.2, 0.25) is 0 Å². The van der Waals surface area contributed by atoms with Crippen LogP contribution < -0.4 is 5.69 Å². The minimum atomic E-state index is -2.82. The van der Waals surface area contributed by atoms with E-state index in [-0.39, 0.29) is 17.5 Å². The minimum Gasteiger partial charge on any atom is -0.478 e. The number of nitrogens with one attached hydrogen (secondary N) is 1. The Morgan fingerprint density at radius 1 is 1.60 bits per heavy atom. The largest absolute Gasteiger partial charge is 0.478 e. The van der Waals surface area contributed by atoms with Crippen molar-refractivity contribution in [1.82, 2.24) is 9.97 Å². The Balaban J connectivity index is 3.33. The van der Waals surface area contributed by atoms with Crippen molar-refractivity contribution in [2.75, 3.05) is 0 Å². The molecule has 0 radical (unpaired) electrons. The van der Waals surface area contributed by atoms with Crippen LogP contribution in [-0.4, -0.2) is 26.8 Å². The van der Waals surface area contributed by atoms with Gasteiger partial charge in [-0.05, 0) is 18.7 Å². The monoisotopic (exact) mass is 236 g/mol. The molecular weight excluding hydrogens is 230 g/mol. The van der Waals surface area contributed by atoms with Crippen LogP contribution in [0.5, 0.6) is 0 Å². The van der Waals surface area contributed by atoms with E-state index in [1.807, 2.05) is 0 Å². The zero-order valence-electron chi connectivity index (χ0n) is 7.45. The highest BCUT2D eigenvalue weighted by atomic mass is 32.2. The van der Waals surface area contributed by atoms with Gasteiger partial charge in [-0.3, -0.25) is 0 Å². The molecule has 1 aromatic heterocycles. The van der Waals surface area contributed by atoms with Gasteiger partial charge in [-0.15, -0.1) is 0 Å². The number of carbonyl (C=O) groups is 1. The number of hydrogen-bond acceptors (Lipinski definition) is 4. The smallest absolute Gasteiger partial charge is 0.346 e. The van der Waals surface area contributed by atoms with Crippen LogP contribution in [0.1, 0.15) is 16.1 Å². The average Bonchev–Trinajstić information content (AvgIpc) is 1.99. The molecule has 1 rings (SSSR count). The third-order valence-corrected chi connectivity index (χ3v) is 2.20. The molecule has 82 valence electrons. The lowest BCUT2D eigenvalue weighted by Crippen LogP contribution is -2.18. The van der Waals surface area contributed by atoms with Gasteiger partial charge in [-0.2, -0.15) is 13.8 Å². The molecule has 0 bridgehead atoms. The number of aromatic nitrogens is 2. The summed E-state index contributed by atoms with van der Waals surface area (Å²) >= 11 is -0.0636. The van der Waals surface area contributed by atoms with Crippen LogP contribution in [0.3, 0.4) is 0 Å². The third-order valence-electron chi connectivity index (χ3n) is 1.50. The van der Waals surface area contributed by atoms with Crippen molar-refractivity contribution < 1.29 is 18.7 Å². The quantitative estimate of drug-likeness (QED) is 0.606. The van der Waals surface area contributed by atoms with Crippen molar-refractivity contribution in [3.63, 3.8) is 0 Å². The molecule has 1 aromatic rings. The van der Waals surface area contributed by atoms with E-state index in [1.54, 1.807) is 0 Å². The second kappa shape index (κ2) is 4.39. The van der Waals surface area contributed by atoms with Gasteiger partial charge in [0, 0.05) is 5.69 Å². The van der Waals surface area contributed by atoms with Gasteiger partial charge in [-0.1, -0.05) is 0 Å². The molecule has 8 heteroatoms.